The average molecular weight is 553 g/mol. The number of rotatable bonds is 19. The Morgan fingerprint density at radius 1 is 0.974 bits per heavy atom. The molecule has 1 heterocycles. The Bertz CT molecular complexity index is 934. The smallest absolute Gasteiger partial charge is 0.326 e. The summed E-state index contributed by atoms with van der Waals surface area (Å²) in [6.07, 6.45) is 5.37. The summed E-state index contributed by atoms with van der Waals surface area (Å²) in [7, 11) is 0. The van der Waals surface area contributed by atoms with E-state index in [4.69, 9.17) is 22.9 Å². The standard InChI is InChI=1S/C24H44N10O5/c1-14(2)10-18(33-20(35)16(26)6-3-4-8-25)22(37)32-17(7-5-9-30-24(27)28)21(36)34-19(23(38)39)11-15-12-29-13-31-15/h12-14,16-19H,3-11,25-26H2,1-2H3,(H,29,31)(H,32,37)(H,33,35)(H,34,36)(H,38,39)(H4,27,28,30). The van der Waals surface area contributed by atoms with E-state index >= 15 is 0 Å². The topological polar surface area (TPSA) is 270 Å². The first-order valence-corrected chi connectivity index (χ1v) is 13.1. The third kappa shape index (κ3) is 13.6. The second-order valence-corrected chi connectivity index (χ2v) is 9.77. The van der Waals surface area contributed by atoms with Crippen molar-refractivity contribution in [1.82, 2.24) is 25.9 Å². The van der Waals surface area contributed by atoms with Gasteiger partial charge in [-0.25, -0.2) is 9.78 Å². The van der Waals surface area contributed by atoms with Crippen LogP contribution in [0.3, 0.4) is 0 Å². The number of amides is 3. The summed E-state index contributed by atoms with van der Waals surface area (Å²) in [6, 6.07) is -4.14. The fourth-order valence-corrected chi connectivity index (χ4v) is 3.75. The van der Waals surface area contributed by atoms with Gasteiger partial charge in [0.1, 0.15) is 18.1 Å². The Labute approximate surface area is 228 Å². The highest BCUT2D eigenvalue weighted by Gasteiger charge is 2.30. The number of carboxylic acids is 1. The van der Waals surface area contributed by atoms with E-state index in [0.717, 1.165) is 6.42 Å². The molecule has 1 aromatic rings. The largest absolute Gasteiger partial charge is 0.480 e. The van der Waals surface area contributed by atoms with Crippen molar-refractivity contribution >= 4 is 29.7 Å². The molecule has 39 heavy (non-hydrogen) atoms. The number of carbonyl (C=O) groups excluding carboxylic acids is 3. The molecule has 0 saturated heterocycles. The summed E-state index contributed by atoms with van der Waals surface area (Å²) in [5.74, 6) is -3.10. The minimum Gasteiger partial charge on any atom is -0.480 e. The predicted molar refractivity (Wildman–Crippen MR) is 146 cm³/mol. The SMILES string of the molecule is CC(C)CC(NC(=O)C(N)CCCCN)C(=O)NC(CCCN=C(N)N)C(=O)NC(Cc1cnc[nH]1)C(=O)O. The van der Waals surface area contributed by atoms with E-state index in [-0.39, 0.29) is 31.3 Å². The summed E-state index contributed by atoms with van der Waals surface area (Å²) >= 11 is 0. The van der Waals surface area contributed by atoms with Gasteiger partial charge in [-0.15, -0.1) is 0 Å². The molecular weight excluding hydrogens is 508 g/mol. The Morgan fingerprint density at radius 3 is 2.18 bits per heavy atom. The van der Waals surface area contributed by atoms with Crippen molar-refractivity contribution in [2.45, 2.75) is 83.0 Å². The van der Waals surface area contributed by atoms with Crippen LogP contribution >= 0.6 is 0 Å². The molecule has 1 rings (SSSR count). The lowest BCUT2D eigenvalue weighted by Crippen LogP contribution is -2.57. The molecule has 0 saturated carbocycles. The van der Waals surface area contributed by atoms with Crippen molar-refractivity contribution in [2.75, 3.05) is 13.1 Å². The van der Waals surface area contributed by atoms with Gasteiger partial charge in [0.2, 0.25) is 17.7 Å². The van der Waals surface area contributed by atoms with E-state index in [1.54, 1.807) is 0 Å². The van der Waals surface area contributed by atoms with Gasteiger partial charge in [0, 0.05) is 24.9 Å². The zero-order chi connectivity index (χ0) is 29.4. The molecule has 0 aliphatic heterocycles. The van der Waals surface area contributed by atoms with Crippen LogP contribution in [0.25, 0.3) is 0 Å². The molecule has 0 fully saturated rings. The maximum absolute atomic E-state index is 13.3. The van der Waals surface area contributed by atoms with Crippen LogP contribution in [-0.4, -0.2) is 82.0 Å². The number of H-pyrrole nitrogens is 1. The molecule has 0 aromatic carbocycles. The van der Waals surface area contributed by atoms with Gasteiger partial charge in [-0.3, -0.25) is 19.4 Å². The number of carboxylic acid groups (broad SMARTS) is 1. The zero-order valence-electron chi connectivity index (χ0n) is 22.7. The molecule has 4 atom stereocenters. The number of aliphatic carboxylic acids is 1. The summed E-state index contributed by atoms with van der Waals surface area (Å²) in [6.45, 7) is 4.46. The average Bonchev–Trinajstić information content (AvgIpc) is 3.37. The molecule has 220 valence electrons. The van der Waals surface area contributed by atoms with E-state index in [9.17, 15) is 24.3 Å². The number of unbranched alkanes of at least 4 members (excludes halogenated alkanes) is 1. The van der Waals surface area contributed by atoms with Crippen molar-refractivity contribution in [3.05, 3.63) is 18.2 Å². The van der Waals surface area contributed by atoms with Crippen LogP contribution in [-0.2, 0) is 25.6 Å². The van der Waals surface area contributed by atoms with Gasteiger partial charge in [-0.05, 0) is 44.6 Å². The Kier molecular flexibility index (Phi) is 15.1. The number of nitrogens with one attached hydrogen (secondary N) is 4. The van der Waals surface area contributed by atoms with E-state index < -0.39 is 47.9 Å². The minimum absolute atomic E-state index is 0.0365. The molecule has 1 aromatic heterocycles. The quantitative estimate of drug-likeness (QED) is 0.0519. The van der Waals surface area contributed by atoms with Gasteiger partial charge in [0.05, 0.1) is 12.4 Å². The second kappa shape index (κ2) is 17.7. The van der Waals surface area contributed by atoms with E-state index in [1.165, 1.54) is 12.5 Å². The normalized spacial score (nSPS) is 14.1. The first kappa shape index (κ1) is 33.3. The van der Waals surface area contributed by atoms with Crippen LogP contribution in [0.4, 0.5) is 0 Å². The molecule has 0 bridgehead atoms. The highest BCUT2D eigenvalue weighted by atomic mass is 16.4. The van der Waals surface area contributed by atoms with Gasteiger partial charge in [0.15, 0.2) is 5.96 Å². The van der Waals surface area contributed by atoms with Gasteiger partial charge < -0.3 is 49.0 Å². The number of aromatic nitrogens is 2. The van der Waals surface area contributed by atoms with Crippen molar-refractivity contribution in [3.8, 4) is 0 Å². The second-order valence-electron chi connectivity index (χ2n) is 9.77. The molecule has 3 amide bonds. The molecule has 15 heteroatoms. The number of guanidine groups is 1. The monoisotopic (exact) mass is 552 g/mol. The van der Waals surface area contributed by atoms with Crippen molar-refractivity contribution in [2.24, 2.45) is 33.8 Å². The molecule has 0 aliphatic carbocycles. The van der Waals surface area contributed by atoms with E-state index in [0.29, 0.717) is 37.9 Å². The number of carbonyl (C=O) groups is 4. The van der Waals surface area contributed by atoms with Crippen LogP contribution in [0, 0.1) is 5.92 Å². The van der Waals surface area contributed by atoms with Crippen LogP contribution in [0.15, 0.2) is 17.5 Å². The lowest BCUT2D eigenvalue weighted by Gasteiger charge is -2.26. The third-order valence-corrected chi connectivity index (χ3v) is 5.82. The number of nitrogens with zero attached hydrogens (tertiary/aromatic N) is 2. The summed E-state index contributed by atoms with van der Waals surface area (Å²) in [4.78, 5) is 61.4. The maximum Gasteiger partial charge on any atom is 0.326 e. The number of aliphatic imine (C=N–C) groups is 1. The predicted octanol–water partition coefficient (Wildman–Crippen LogP) is -1.95. The fourth-order valence-electron chi connectivity index (χ4n) is 3.75. The number of aromatic amines is 1. The number of hydrogen-bond donors (Lipinski definition) is 9. The highest BCUT2D eigenvalue weighted by molar-refractivity contribution is 5.94. The van der Waals surface area contributed by atoms with Gasteiger partial charge >= 0.3 is 5.97 Å². The number of hydrogen-bond acceptors (Lipinski definition) is 8. The number of nitrogens with two attached hydrogens (primary N) is 4. The first-order chi connectivity index (χ1) is 18.4. The van der Waals surface area contributed by atoms with Crippen molar-refractivity contribution in [3.63, 3.8) is 0 Å². The Hall–Kier alpha value is -3.72. The molecule has 15 nitrogen and oxygen atoms in total. The van der Waals surface area contributed by atoms with Crippen LogP contribution in [0.2, 0.25) is 0 Å². The maximum atomic E-state index is 13.3. The van der Waals surface area contributed by atoms with Gasteiger partial charge in [0.25, 0.3) is 0 Å². The van der Waals surface area contributed by atoms with Gasteiger partial charge in [-0.1, -0.05) is 20.3 Å². The Morgan fingerprint density at radius 2 is 1.62 bits per heavy atom. The molecular formula is C24H44N10O5. The van der Waals surface area contributed by atoms with Crippen LogP contribution in [0.5, 0.6) is 0 Å². The Balaban J connectivity index is 3.01. The summed E-state index contributed by atoms with van der Waals surface area (Å²) < 4.78 is 0. The first-order valence-electron chi connectivity index (χ1n) is 13.1. The zero-order valence-corrected chi connectivity index (χ0v) is 22.7. The molecule has 0 spiro atoms. The lowest BCUT2D eigenvalue weighted by molar-refractivity contribution is -0.142. The molecule has 4 unspecified atom stereocenters. The molecule has 0 radical (unpaired) electrons. The van der Waals surface area contributed by atoms with Crippen LogP contribution in [0.1, 0.15) is 58.1 Å². The molecule has 13 N–H and O–H groups in total. The highest BCUT2D eigenvalue weighted by Crippen LogP contribution is 2.09. The van der Waals surface area contributed by atoms with Crippen LogP contribution < -0.4 is 38.9 Å². The summed E-state index contributed by atoms with van der Waals surface area (Å²) in [5.41, 5.74) is 22.7. The minimum atomic E-state index is -1.27. The van der Waals surface area contributed by atoms with Crippen molar-refractivity contribution < 1.29 is 24.3 Å². The third-order valence-electron chi connectivity index (χ3n) is 5.82. The van der Waals surface area contributed by atoms with Crippen molar-refractivity contribution in [1.29, 1.82) is 0 Å². The molecule has 0 aliphatic rings. The summed E-state index contributed by atoms with van der Waals surface area (Å²) in [5, 5.41) is 17.5. The van der Waals surface area contributed by atoms with Gasteiger partial charge in [-0.2, -0.15) is 0 Å². The number of imidazole rings is 1. The van der Waals surface area contributed by atoms with E-state index in [1.807, 2.05) is 13.8 Å². The fraction of sp³-hybridized carbons (Fsp3) is 0.667. The van der Waals surface area contributed by atoms with E-state index in [2.05, 4.69) is 30.9 Å². The lowest BCUT2D eigenvalue weighted by atomic mass is 10.0.